The molecular weight excluding hydrogens is 362 g/mol. The number of amides is 1. The van der Waals surface area contributed by atoms with Crippen molar-refractivity contribution in [1.29, 1.82) is 0 Å². The first-order valence-corrected chi connectivity index (χ1v) is 10.0. The van der Waals surface area contributed by atoms with Crippen molar-refractivity contribution in [2.45, 2.75) is 47.0 Å². The van der Waals surface area contributed by atoms with E-state index in [0.717, 1.165) is 24.8 Å². The second kappa shape index (κ2) is 7.76. The maximum absolute atomic E-state index is 12.6. The normalized spacial score (nSPS) is 16.5. The topological polar surface area (TPSA) is 81.2 Å². The van der Waals surface area contributed by atoms with E-state index in [1.807, 2.05) is 0 Å². The van der Waals surface area contributed by atoms with Gasteiger partial charge in [-0.05, 0) is 43.1 Å². The van der Waals surface area contributed by atoms with Crippen LogP contribution in [0.5, 0.6) is 0 Å². The predicted molar refractivity (Wildman–Crippen MR) is 105 cm³/mol. The highest BCUT2D eigenvalue weighted by molar-refractivity contribution is 7.17. The van der Waals surface area contributed by atoms with Crippen molar-refractivity contribution in [3.8, 4) is 0 Å². The van der Waals surface area contributed by atoms with E-state index in [-0.39, 0.29) is 23.0 Å². The van der Waals surface area contributed by atoms with Gasteiger partial charge in [0.25, 0.3) is 5.91 Å². The Kier molecular flexibility index (Phi) is 5.60. The van der Waals surface area contributed by atoms with Gasteiger partial charge in [-0.2, -0.15) is 0 Å². The average molecular weight is 388 g/mol. The molecule has 144 valence electrons. The standard InChI is InChI=1S/C20H25N3O3S/c1-5-26-19(25)16-13-7-6-12(20(2,3)4)10-15(13)27-18(16)23-17(24)14-11-21-8-9-22-14/h8-9,11-12H,5-7,10H2,1-4H3,(H,23,24). The van der Waals surface area contributed by atoms with Crippen molar-refractivity contribution >= 4 is 28.2 Å². The highest BCUT2D eigenvalue weighted by Gasteiger charge is 2.34. The van der Waals surface area contributed by atoms with Crippen LogP contribution in [0.3, 0.4) is 0 Å². The predicted octanol–water partition coefficient (Wildman–Crippen LogP) is 4.12. The quantitative estimate of drug-likeness (QED) is 0.798. The Labute approximate surface area is 163 Å². The van der Waals surface area contributed by atoms with Gasteiger partial charge in [0, 0.05) is 17.3 Å². The second-order valence-corrected chi connectivity index (χ2v) is 8.88. The molecule has 27 heavy (non-hydrogen) atoms. The van der Waals surface area contributed by atoms with Crippen molar-refractivity contribution in [2.24, 2.45) is 11.3 Å². The van der Waals surface area contributed by atoms with E-state index in [1.54, 1.807) is 6.92 Å². The summed E-state index contributed by atoms with van der Waals surface area (Å²) in [6, 6.07) is 0. The third-order valence-corrected chi connectivity index (χ3v) is 6.16. The fourth-order valence-electron chi connectivity index (χ4n) is 3.42. The smallest absolute Gasteiger partial charge is 0.341 e. The van der Waals surface area contributed by atoms with E-state index >= 15 is 0 Å². The van der Waals surface area contributed by atoms with Gasteiger partial charge < -0.3 is 10.1 Å². The first kappa shape index (κ1) is 19.5. The van der Waals surface area contributed by atoms with Gasteiger partial charge >= 0.3 is 5.97 Å². The Hall–Kier alpha value is -2.28. The molecule has 7 heteroatoms. The number of rotatable bonds is 4. The number of carbonyl (C=O) groups excluding carboxylic acids is 2. The molecule has 2 heterocycles. The largest absolute Gasteiger partial charge is 0.462 e. The summed E-state index contributed by atoms with van der Waals surface area (Å²) in [5, 5.41) is 3.40. The molecule has 1 aliphatic rings. The average Bonchev–Trinajstić information content (AvgIpc) is 2.99. The Morgan fingerprint density at radius 2 is 2.11 bits per heavy atom. The van der Waals surface area contributed by atoms with Crippen LogP contribution >= 0.6 is 11.3 Å². The summed E-state index contributed by atoms with van der Waals surface area (Å²) < 4.78 is 5.26. The van der Waals surface area contributed by atoms with Crippen LogP contribution in [0.15, 0.2) is 18.6 Å². The molecule has 0 bridgehead atoms. The minimum absolute atomic E-state index is 0.203. The number of thiophene rings is 1. The molecule has 0 saturated carbocycles. The third kappa shape index (κ3) is 4.18. The van der Waals surface area contributed by atoms with Crippen LogP contribution in [-0.2, 0) is 17.6 Å². The van der Waals surface area contributed by atoms with Gasteiger partial charge in [-0.3, -0.25) is 9.78 Å². The van der Waals surface area contributed by atoms with Gasteiger partial charge in [0.05, 0.1) is 18.4 Å². The number of nitrogens with zero attached hydrogens (tertiary/aromatic N) is 2. The Balaban J connectivity index is 1.94. The van der Waals surface area contributed by atoms with Crippen molar-refractivity contribution in [3.63, 3.8) is 0 Å². The summed E-state index contributed by atoms with van der Waals surface area (Å²) in [6.45, 7) is 8.83. The number of fused-ring (bicyclic) bond motifs is 1. The van der Waals surface area contributed by atoms with Crippen LogP contribution in [0, 0.1) is 11.3 Å². The van der Waals surface area contributed by atoms with Crippen LogP contribution in [-0.4, -0.2) is 28.5 Å². The minimum atomic E-state index is -0.376. The number of hydrogen-bond acceptors (Lipinski definition) is 6. The number of ether oxygens (including phenoxy) is 1. The zero-order valence-electron chi connectivity index (χ0n) is 16.2. The van der Waals surface area contributed by atoms with Crippen LogP contribution in [0.2, 0.25) is 0 Å². The molecule has 1 atom stereocenters. The summed E-state index contributed by atoms with van der Waals surface area (Å²) in [4.78, 5) is 34.2. The third-order valence-electron chi connectivity index (χ3n) is 4.99. The number of aromatic nitrogens is 2. The number of carbonyl (C=O) groups is 2. The Bertz CT molecular complexity index is 840. The fourth-order valence-corrected chi connectivity index (χ4v) is 4.73. The first-order chi connectivity index (χ1) is 12.8. The summed E-state index contributed by atoms with van der Waals surface area (Å²) in [5.74, 6) is -0.208. The van der Waals surface area contributed by atoms with E-state index in [1.165, 1.54) is 34.8 Å². The zero-order valence-corrected chi connectivity index (χ0v) is 17.0. The van der Waals surface area contributed by atoms with Gasteiger partial charge in [-0.15, -0.1) is 11.3 Å². The van der Waals surface area contributed by atoms with Crippen LogP contribution in [0.25, 0.3) is 0 Å². The summed E-state index contributed by atoms with van der Waals surface area (Å²) in [6.07, 6.45) is 7.14. The molecule has 0 fully saturated rings. The van der Waals surface area contributed by atoms with E-state index in [2.05, 4.69) is 36.1 Å². The van der Waals surface area contributed by atoms with Gasteiger partial charge in [0.2, 0.25) is 0 Å². The molecule has 0 aromatic carbocycles. The number of hydrogen-bond donors (Lipinski definition) is 1. The van der Waals surface area contributed by atoms with Crippen LogP contribution < -0.4 is 5.32 Å². The lowest BCUT2D eigenvalue weighted by molar-refractivity contribution is 0.0526. The molecule has 0 aliphatic heterocycles. The maximum Gasteiger partial charge on any atom is 0.341 e. The molecule has 1 unspecified atom stereocenters. The van der Waals surface area contributed by atoms with E-state index in [0.29, 0.717) is 23.1 Å². The molecule has 0 saturated heterocycles. The Morgan fingerprint density at radius 1 is 1.33 bits per heavy atom. The molecule has 0 radical (unpaired) electrons. The maximum atomic E-state index is 12.6. The highest BCUT2D eigenvalue weighted by atomic mass is 32.1. The van der Waals surface area contributed by atoms with Crippen molar-refractivity contribution in [2.75, 3.05) is 11.9 Å². The summed E-state index contributed by atoms with van der Waals surface area (Å²) >= 11 is 1.48. The Morgan fingerprint density at radius 3 is 2.74 bits per heavy atom. The number of esters is 1. The molecule has 1 aliphatic carbocycles. The lowest BCUT2D eigenvalue weighted by atomic mass is 9.72. The molecule has 6 nitrogen and oxygen atoms in total. The summed E-state index contributed by atoms with van der Waals surface area (Å²) in [7, 11) is 0. The first-order valence-electron chi connectivity index (χ1n) is 9.20. The van der Waals surface area contributed by atoms with Gasteiger partial charge in [0.15, 0.2) is 0 Å². The highest BCUT2D eigenvalue weighted by Crippen LogP contribution is 2.44. The molecule has 1 N–H and O–H groups in total. The molecule has 2 aromatic rings. The number of anilines is 1. The van der Waals surface area contributed by atoms with Crippen molar-refractivity contribution < 1.29 is 14.3 Å². The van der Waals surface area contributed by atoms with Crippen molar-refractivity contribution in [3.05, 3.63) is 40.3 Å². The lowest BCUT2D eigenvalue weighted by Crippen LogP contribution is -2.26. The molecule has 0 spiro atoms. The van der Waals surface area contributed by atoms with Gasteiger partial charge in [0.1, 0.15) is 10.7 Å². The zero-order chi connectivity index (χ0) is 19.6. The monoisotopic (exact) mass is 387 g/mol. The van der Waals surface area contributed by atoms with E-state index in [4.69, 9.17) is 4.74 Å². The van der Waals surface area contributed by atoms with Crippen molar-refractivity contribution in [1.82, 2.24) is 9.97 Å². The fraction of sp³-hybridized carbons (Fsp3) is 0.500. The lowest BCUT2D eigenvalue weighted by Gasteiger charge is -2.33. The number of nitrogens with one attached hydrogen (secondary N) is 1. The van der Waals surface area contributed by atoms with E-state index < -0.39 is 0 Å². The minimum Gasteiger partial charge on any atom is -0.462 e. The van der Waals surface area contributed by atoms with E-state index in [9.17, 15) is 9.59 Å². The van der Waals surface area contributed by atoms with Crippen LogP contribution in [0.4, 0.5) is 5.00 Å². The summed E-state index contributed by atoms with van der Waals surface area (Å²) in [5.41, 5.74) is 1.94. The van der Waals surface area contributed by atoms with Crippen LogP contribution in [0.1, 0.15) is 65.4 Å². The molecule has 3 rings (SSSR count). The molecule has 2 aromatic heterocycles. The molecule has 1 amide bonds. The van der Waals surface area contributed by atoms with Gasteiger partial charge in [-0.25, -0.2) is 9.78 Å². The van der Waals surface area contributed by atoms with Gasteiger partial charge in [-0.1, -0.05) is 20.8 Å². The second-order valence-electron chi connectivity index (χ2n) is 7.78. The SMILES string of the molecule is CCOC(=O)c1c(NC(=O)c2cnccn2)sc2c1CCC(C(C)(C)C)C2. The molecular formula is C20H25N3O3S.